The topological polar surface area (TPSA) is 55.4 Å². The van der Waals surface area contributed by atoms with Crippen LogP contribution in [0.3, 0.4) is 0 Å². The molecule has 0 fully saturated rings. The number of hydrogen-bond donors (Lipinski definition) is 1. The van der Waals surface area contributed by atoms with E-state index >= 15 is 0 Å². The Bertz CT molecular complexity index is 754. The second-order valence-electron chi connectivity index (χ2n) is 6.39. The molecule has 138 valence electrons. The number of fused-ring (bicyclic) bond motifs is 1. The van der Waals surface area contributed by atoms with Gasteiger partial charge in [-0.05, 0) is 42.2 Å². The van der Waals surface area contributed by atoms with E-state index < -0.39 is 12.0 Å². The van der Waals surface area contributed by atoms with Crippen LogP contribution in [0.4, 0.5) is 0 Å². The first kappa shape index (κ1) is 19.7. The summed E-state index contributed by atoms with van der Waals surface area (Å²) >= 11 is 0. The highest BCUT2D eigenvalue weighted by Crippen LogP contribution is 2.16. The molecule has 0 unspecified atom stereocenters. The molecule has 0 saturated carbocycles. The monoisotopic (exact) mass is 353 g/mol. The summed E-state index contributed by atoms with van der Waals surface area (Å²) in [4.78, 5) is 24.6. The van der Waals surface area contributed by atoms with E-state index in [1.807, 2.05) is 42.5 Å². The van der Waals surface area contributed by atoms with E-state index in [9.17, 15) is 9.59 Å². The molecule has 0 aliphatic heterocycles. The number of unbranched alkanes of at least 4 members (excludes halogenated alkanes) is 4. The minimum absolute atomic E-state index is 0.252. The number of benzene rings is 2. The molecule has 1 N–H and O–H groups in total. The molecule has 0 aliphatic carbocycles. The highest BCUT2D eigenvalue weighted by molar-refractivity contribution is 6.00. The van der Waals surface area contributed by atoms with Gasteiger partial charge in [-0.1, -0.05) is 55.7 Å². The summed E-state index contributed by atoms with van der Waals surface area (Å²) in [6.45, 7) is 3.71. The lowest BCUT2D eigenvalue weighted by Crippen LogP contribution is -2.41. The van der Waals surface area contributed by atoms with Crippen molar-refractivity contribution >= 4 is 22.6 Å². The third kappa shape index (κ3) is 5.73. The van der Waals surface area contributed by atoms with Gasteiger partial charge in [-0.15, -0.1) is 6.58 Å². The number of esters is 1. The maximum Gasteiger partial charge on any atom is 0.328 e. The Hall–Kier alpha value is -2.62. The van der Waals surface area contributed by atoms with E-state index in [2.05, 4.69) is 11.9 Å². The smallest absolute Gasteiger partial charge is 0.328 e. The average Bonchev–Trinajstić information content (AvgIpc) is 2.68. The van der Waals surface area contributed by atoms with Gasteiger partial charge in [-0.2, -0.15) is 0 Å². The maximum absolute atomic E-state index is 12.6. The summed E-state index contributed by atoms with van der Waals surface area (Å²) in [5.74, 6) is -0.650. The fourth-order valence-electron chi connectivity index (χ4n) is 2.95. The number of allylic oxidation sites excluding steroid dienone is 1. The van der Waals surface area contributed by atoms with Crippen molar-refractivity contribution in [2.24, 2.45) is 0 Å². The summed E-state index contributed by atoms with van der Waals surface area (Å²) in [7, 11) is 1.35. The van der Waals surface area contributed by atoms with Gasteiger partial charge in [0, 0.05) is 5.56 Å². The van der Waals surface area contributed by atoms with Crippen LogP contribution in [-0.4, -0.2) is 25.0 Å². The van der Waals surface area contributed by atoms with Crippen LogP contribution in [0.2, 0.25) is 0 Å². The van der Waals surface area contributed by atoms with Crippen LogP contribution in [0.25, 0.3) is 10.8 Å². The molecule has 0 spiro atoms. The van der Waals surface area contributed by atoms with Crippen molar-refractivity contribution in [2.75, 3.05) is 7.11 Å². The Balaban J connectivity index is 1.96. The molecule has 1 amide bonds. The zero-order valence-electron chi connectivity index (χ0n) is 15.4. The molecule has 2 aromatic carbocycles. The van der Waals surface area contributed by atoms with Crippen molar-refractivity contribution in [3.8, 4) is 0 Å². The SMILES string of the molecule is C=CCCCCCC[C@@H](NC(=O)c1ccc2ccccc2c1)C(=O)OC. The Labute approximate surface area is 155 Å². The van der Waals surface area contributed by atoms with Crippen LogP contribution in [0.1, 0.15) is 48.9 Å². The average molecular weight is 353 g/mol. The van der Waals surface area contributed by atoms with Crippen LogP contribution in [-0.2, 0) is 9.53 Å². The van der Waals surface area contributed by atoms with Crippen LogP contribution < -0.4 is 5.32 Å². The normalized spacial score (nSPS) is 11.7. The first-order valence-electron chi connectivity index (χ1n) is 9.14. The van der Waals surface area contributed by atoms with Crippen molar-refractivity contribution in [1.82, 2.24) is 5.32 Å². The molecule has 0 aromatic heterocycles. The molecular formula is C22H27NO3. The highest BCUT2D eigenvalue weighted by Gasteiger charge is 2.21. The van der Waals surface area contributed by atoms with E-state index in [4.69, 9.17) is 4.74 Å². The molecular weight excluding hydrogens is 326 g/mol. The number of rotatable bonds is 10. The number of hydrogen-bond acceptors (Lipinski definition) is 3. The van der Waals surface area contributed by atoms with E-state index in [-0.39, 0.29) is 5.91 Å². The fraction of sp³-hybridized carbons (Fsp3) is 0.364. The molecule has 0 heterocycles. The lowest BCUT2D eigenvalue weighted by Gasteiger charge is -2.16. The zero-order valence-corrected chi connectivity index (χ0v) is 15.4. The number of nitrogens with one attached hydrogen (secondary N) is 1. The molecule has 0 bridgehead atoms. The van der Waals surface area contributed by atoms with Crippen molar-refractivity contribution < 1.29 is 14.3 Å². The summed E-state index contributed by atoms with van der Waals surface area (Å²) in [6, 6.07) is 12.8. The Morgan fingerprint density at radius 2 is 1.81 bits per heavy atom. The van der Waals surface area contributed by atoms with Crippen molar-refractivity contribution in [2.45, 2.75) is 44.6 Å². The van der Waals surface area contributed by atoms with Crippen LogP contribution in [0, 0.1) is 0 Å². The first-order chi connectivity index (χ1) is 12.7. The first-order valence-corrected chi connectivity index (χ1v) is 9.14. The predicted molar refractivity (Wildman–Crippen MR) is 105 cm³/mol. The largest absolute Gasteiger partial charge is 0.467 e. The minimum Gasteiger partial charge on any atom is -0.467 e. The van der Waals surface area contributed by atoms with Crippen LogP contribution in [0.5, 0.6) is 0 Å². The van der Waals surface area contributed by atoms with Crippen molar-refractivity contribution in [3.63, 3.8) is 0 Å². The highest BCUT2D eigenvalue weighted by atomic mass is 16.5. The molecule has 1 atom stereocenters. The van der Waals surface area contributed by atoms with Crippen molar-refractivity contribution in [1.29, 1.82) is 0 Å². The lowest BCUT2D eigenvalue weighted by atomic mass is 10.0. The maximum atomic E-state index is 12.6. The Kier molecular flexibility index (Phi) is 7.87. The van der Waals surface area contributed by atoms with Gasteiger partial charge in [0.05, 0.1) is 7.11 Å². The zero-order chi connectivity index (χ0) is 18.8. The van der Waals surface area contributed by atoms with Gasteiger partial charge in [0.2, 0.25) is 0 Å². The Morgan fingerprint density at radius 3 is 2.54 bits per heavy atom. The summed E-state index contributed by atoms with van der Waals surface area (Å²) in [5, 5.41) is 4.90. The molecule has 4 nitrogen and oxygen atoms in total. The molecule has 26 heavy (non-hydrogen) atoms. The number of carbonyl (C=O) groups excluding carboxylic acids is 2. The third-order valence-corrected chi connectivity index (χ3v) is 4.45. The summed E-state index contributed by atoms with van der Waals surface area (Å²) < 4.78 is 4.85. The Morgan fingerprint density at radius 1 is 1.08 bits per heavy atom. The lowest BCUT2D eigenvalue weighted by molar-refractivity contribution is -0.143. The molecule has 0 radical (unpaired) electrons. The van der Waals surface area contributed by atoms with E-state index in [1.165, 1.54) is 7.11 Å². The fourth-order valence-corrected chi connectivity index (χ4v) is 2.95. The van der Waals surface area contributed by atoms with Gasteiger partial charge < -0.3 is 10.1 Å². The van der Waals surface area contributed by atoms with Gasteiger partial charge in [-0.3, -0.25) is 4.79 Å². The second kappa shape index (κ2) is 10.4. The molecule has 2 rings (SSSR count). The van der Waals surface area contributed by atoms with Gasteiger partial charge in [0.25, 0.3) is 5.91 Å². The van der Waals surface area contributed by atoms with Gasteiger partial charge in [-0.25, -0.2) is 4.79 Å². The molecule has 0 saturated heterocycles. The standard InChI is InChI=1S/C22H27NO3/c1-3-4-5-6-7-8-13-20(22(25)26-2)23-21(24)19-15-14-17-11-9-10-12-18(17)16-19/h3,9-12,14-16,20H,1,4-8,13H2,2H3,(H,23,24)/t20-/m1/s1. The number of carbonyl (C=O) groups is 2. The van der Waals surface area contributed by atoms with Gasteiger partial charge >= 0.3 is 5.97 Å². The molecule has 2 aromatic rings. The van der Waals surface area contributed by atoms with Crippen LogP contribution in [0.15, 0.2) is 55.1 Å². The quantitative estimate of drug-likeness (QED) is 0.385. The number of amides is 1. The predicted octanol–water partition coefficient (Wildman–Crippen LogP) is 4.64. The summed E-state index contributed by atoms with van der Waals surface area (Å²) in [5.41, 5.74) is 0.545. The second-order valence-corrected chi connectivity index (χ2v) is 6.39. The summed E-state index contributed by atoms with van der Waals surface area (Å²) in [6.07, 6.45) is 7.61. The molecule has 4 heteroatoms. The number of ether oxygens (including phenoxy) is 1. The van der Waals surface area contributed by atoms with E-state index in [1.54, 1.807) is 6.07 Å². The van der Waals surface area contributed by atoms with Gasteiger partial charge in [0.1, 0.15) is 6.04 Å². The van der Waals surface area contributed by atoms with Gasteiger partial charge in [0.15, 0.2) is 0 Å². The van der Waals surface area contributed by atoms with E-state index in [0.29, 0.717) is 12.0 Å². The van der Waals surface area contributed by atoms with E-state index in [0.717, 1.165) is 42.9 Å². The molecule has 0 aliphatic rings. The van der Waals surface area contributed by atoms with Crippen molar-refractivity contribution in [3.05, 3.63) is 60.7 Å². The van der Waals surface area contributed by atoms with Crippen LogP contribution >= 0.6 is 0 Å². The minimum atomic E-state index is -0.613. The third-order valence-electron chi connectivity index (χ3n) is 4.45. The number of methoxy groups -OCH3 is 1.